The second-order valence-corrected chi connectivity index (χ2v) is 3.63. The Morgan fingerprint density at radius 1 is 1.60 bits per heavy atom. The number of aryl methyl sites for hydroxylation is 1. The highest BCUT2D eigenvalue weighted by Crippen LogP contribution is 2.23. The zero-order valence-corrected chi connectivity index (χ0v) is 7.50. The Balaban J connectivity index is 0.000000500. The molecule has 3 nitrogen and oxygen atoms in total. The molecule has 0 N–H and O–H groups in total. The molecule has 0 saturated carbocycles. The van der Waals surface area contributed by atoms with Gasteiger partial charge in [0.2, 0.25) is 6.20 Å². The van der Waals surface area contributed by atoms with Crippen molar-refractivity contribution >= 4 is 20.9 Å². The Morgan fingerprint density at radius 3 is 3.10 bits per heavy atom. The third-order valence-electron chi connectivity index (χ3n) is 1.03. The molecule has 2 heterocycles. The first-order chi connectivity index (χ1) is 4.36. The fourth-order valence-electron chi connectivity index (χ4n) is 0.671. The monoisotopic (exact) mass is 193 g/mol. The summed E-state index contributed by atoms with van der Waals surface area (Å²) in [5, 5.41) is 4.10. The molecule has 0 aromatic heterocycles. The zero-order chi connectivity index (χ0) is 6.27. The second-order valence-electron chi connectivity index (χ2n) is 1.74. The van der Waals surface area contributed by atoms with E-state index in [0.717, 1.165) is 5.82 Å². The molecule has 0 aromatic carbocycles. The van der Waals surface area contributed by atoms with Crippen LogP contribution in [0.2, 0.25) is 0 Å². The van der Waals surface area contributed by atoms with E-state index in [0.29, 0.717) is 0 Å². The summed E-state index contributed by atoms with van der Waals surface area (Å²) < 4.78 is 5.85. The highest BCUT2D eigenvalue weighted by molar-refractivity contribution is 7.68. The first-order valence-electron chi connectivity index (χ1n) is 2.44. The Hall–Kier alpha value is -0.260. The van der Waals surface area contributed by atoms with Gasteiger partial charge in [-0.15, -0.1) is 0 Å². The van der Waals surface area contributed by atoms with Gasteiger partial charge in [-0.1, -0.05) is 15.0 Å². The molecule has 0 aromatic rings. The van der Waals surface area contributed by atoms with Crippen LogP contribution >= 0.6 is 20.9 Å². The predicted molar refractivity (Wildman–Crippen MR) is 35.6 cm³/mol. The van der Waals surface area contributed by atoms with Crippen molar-refractivity contribution in [3.63, 3.8) is 0 Å². The average molecular weight is 194 g/mol. The summed E-state index contributed by atoms with van der Waals surface area (Å²) >= 11 is 0. The van der Waals surface area contributed by atoms with Crippen LogP contribution in [0.3, 0.4) is 0 Å². The van der Waals surface area contributed by atoms with Crippen molar-refractivity contribution in [2.75, 3.05) is 0 Å². The van der Waals surface area contributed by atoms with E-state index in [1.807, 2.05) is 13.2 Å². The Kier molecular flexibility index (Phi) is 2.18. The highest BCUT2D eigenvalue weighted by atomic mass is 35.5. The van der Waals surface area contributed by atoms with E-state index in [4.69, 9.17) is 0 Å². The summed E-state index contributed by atoms with van der Waals surface area (Å²) in [4.78, 5) is 1.17. The lowest BCUT2D eigenvalue weighted by Gasteiger charge is -1.63. The smallest absolute Gasteiger partial charge is 0.256 e. The van der Waals surface area contributed by atoms with Gasteiger partial charge in [0.05, 0.1) is 0 Å². The van der Waals surface area contributed by atoms with Crippen LogP contribution in [0.15, 0.2) is 6.20 Å². The fraction of sp³-hybridized carbons (Fsp3) is 0.250. The summed E-state index contributed by atoms with van der Waals surface area (Å²) in [5.74, 6) is 0.868. The molecule has 6 heteroatoms. The number of halogens is 1. The van der Waals surface area contributed by atoms with Gasteiger partial charge in [-0.05, 0) is 0 Å². The highest BCUT2D eigenvalue weighted by Gasteiger charge is 2.15. The maximum absolute atomic E-state index is 4.10. The van der Waals surface area contributed by atoms with Crippen LogP contribution in [0.5, 0.6) is 0 Å². The number of fused-ring (bicyclic) bond motifs is 1. The third-order valence-corrected chi connectivity index (χ3v) is 2.80. The van der Waals surface area contributed by atoms with E-state index in [1.54, 1.807) is 15.0 Å². The first-order valence-corrected chi connectivity index (χ1v) is 4.55. The maximum atomic E-state index is 4.10. The maximum Gasteiger partial charge on any atom is 0.256 e. The summed E-state index contributed by atoms with van der Waals surface area (Å²) in [6.07, 6.45) is 1.98. The molecule has 0 saturated heterocycles. The van der Waals surface area contributed by atoms with Gasteiger partial charge in [0.15, 0.2) is 11.9 Å². The lowest BCUT2D eigenvalue weighted by molar-refractivity contribution is -0.725. The van der Waals surface area contributed by atoms with Crippen molar-refractivity contribution in [2.24, 2.45) is 7.05 Å². The normalized spacial score (nSPS) is 9.70. The van der Waals surface area contributed by atoms with Crippen molar-refractivity contribution in [2.45, 2.75) is 0 Å². The first kappa shape index (κ1) is 7.84. The molecule has 54 valence electrons. The molecule has 2 aliphatic rings. The van der Waals surface area contributed by atoms with E-state index in [-0.39, 0.29) is 12.4 Å². The molecule has 2 aliphatic heterocycles. The van der Waals surface area contributed by atoms with Gasteiger partial charge in [-0.3, -0.25) is 0 Å². The Labute approximate surface area is 71.6 Å². The summed E-state index contributed by atoms with van der Waals surface area (Å²) in [6.45, 7) is 0. The van der Waals surface area contributed by atoms with Gasteiger partial charge in [-0.2, -0.15) is 4.37 Å². The molecule has 2 rings (SSSR count). The predicted octanol–water partition coefficient (Wildman–Crippen LogP) is -2.47. The SMILES string of the molecule is C[n+]1cc2ssnc-2n1.[Cl-]. The molecule has 0 aliphatic carbocycles. The van der Waals surface area contributed by atoms with Gasteiger partial charge in [-0.25, -0.2) is 0 Å². The number of aromatic nitrogens is 3. The lowest BCUT2D eigenvalue weighted by Crippen LogP contribution is -3.00. The van der Waals surface area contributed by atoms with Gasteiger partial charge in [0.1, 0.15) is 0 Å². The molecule has 0 radical (unpaired) electrons. The van der Waals surface area contributed by atoms with Crippen molar-refractivity contribution in [3.8, 4) is 10.7 Å². The molecule has 0 spiro atoms. The van der Waals surface area contributed by atoms with Crippen molar-refractivity contribution < 1.29 is 17.1 Å². The Bertz CT molecular complexity index is 265. The molecule has 0 amide bonds. The van der Waals surface area contributed by atoms with Crippen LogP contribution in [0.1, 0.15) is 0 Å². The van der Waals surface area contributed by atoms with Crippen LogP contribution in [0.25, 0.3) is 10.7 Å². The van der Waals surface area contributed by atoms with Gasteiger partial charge < -0.3 is 12.4 Å². The minimum absolute atomic E-state index is 0. The summed E-state index contributed by atoms with van der Waals surface area (Å²) in [6, 6.07) is 0. The molecule has 10 heavy (non-hydrogen) atoms. The van der Waals surface area contributed by atoms with E-state index in [9.17, 15) is 0 Å². The van der Waals surface area contributed by atoms with Crippen LogP contribution in [-0.4, -0.2) is 9.47 Å². The van der Waals surface area contributed by atoms with Crippen LogP contribution < -0.4 is 17.1 Å². The number of nitrogens with zero attached hydrogens (tertiary/aromatic N) is 3. The van der Waals surface area contributed by atoms with Crippen molar-refractivity contribution in [1.29, 1.82) is 0 Å². The molecule has 0 unspecified atom stereocenters. The van der Waals surface area contributed by atoms with E-state index in [1.165, 1.54) is 15.4 Å². The second kappa shape index (κ2) is 2.77. The molecule has 0 fully saturated rings. The third kappa shape index (κ3) is 1.12. The summed E-state index contributed by atoms with van der Waals surface area (Å²) in [5.41, 5.74) is 0. The van der Waals surface area contributed by atoms with Gasteiger partial charge in [0.25, 0.3) is 5.82 Å². The average Bonchev–Trinajstić information content (AvgIpc) is 2.22. The van der Waals surface area contributed by atoms with Crippen molar-refractivity contribution in [3.05, 3.63) is 6.20 Å². The topological polar surface area (TPSA) is 29.7 Å². The largest absolute Gasteiger partial charge is 1.00 e. The van der Waals surface area contributed by atoms with Crippen LogP contribution in [0.4, 0.5) is 0 Å². The summed E-state index contributed by atoms with van der Waals surface area (Å²) in [7, 11) is 5.04. The zero-order valence-electron chi connectivity index (χ0n) is 5.11. The molecular weight excluding hydrogens is 190 g/mol. The number of hydrogen-bond donors (Lipinski definition) is 0. The van der Waals surface area contributed by atoms with Crippen LogP contribution in [0, 0.1) is 0 Å². The molecule has 0 bridgehead atoms. The minimum atomic E-state index is 0. The van der Waals surface area contributed by atoms with Crippen molar-refractivity contribution in [1.82, 2.24) is 9.47 Å². The number of rotatable bonds is 0. The lowest BCUT2D eigenvalue weighted by atomic mass is 10.6. The van der Waals surface area contributed by atoms with Gasteiger partial charge in [0, 0.05) is 15.6 Å². The quantitative estimate of drug-likeness (QED) is 0.343. The fourth-order valence-corrected chi connectivity index (χ4v) is 2.33. The van der Waals surface area contributed by atoms with E-state index in [2.05, 4.69) is 9.47 Å². The standard InChI is InChI=1S/C4H4N3S2.ClH/c1-7-2-3-4(5-7)6-9-8-3;/h2H,1H3;1H/q+1;/p-1. The van der Waals surface area contributed by atoms with Gasteiger partial charge >= 0.3 is 0 Å². The Morgan fingerprint density at radius 2 is 2.40 bits per heavy atom. The van der Waals surface area contributed by atoms with E-state index < -0.39 is 0 Å². The molecule has 0 atom stereocenters. The number of hydrogen-bond acceptors (Lipinski definition) is 4. The van der Waals surface area contributed by atoms with E-state index >= 15 is 0 Å². The molecular formula is C4H4ClN3S2. The minimum Gasteiger partial charge on any atom is -1.00 e. The van der Waals surface area contributed by atoms with Crippen LogP contribution in [-0.2, 0) is 7.05 Å².